The second kappa shape index (κ2) is 8.99. The molecule has 0 saturated carbocycles. The van der Waals surface area contributed by atoms with Gasteiger partial charge in [-0.1, -0.05) is 36.4 Å². The number of carbonyl (C=O) groups excluding carboxylic acids is 1. The third-order valence-electron chi connectivity index (χ3n) is 6.82. The lowest BCUT2D eigenvalue weighted by Gasteiger charge is -2.25. The molecule has 5 rings (SSSR count). The number of nitro groups is 2. The van der Waals surface area contributed by atoms with E-state index in [-0.39, 0.29) is 23.3 Å². The molecule has 184 valence electrons. The lowest BCUT2D eigenvalue weighted by molar-refractivity contribution is -0.532. The van der Waals surface area contributed by atoms with Gasteiger partial charge in [-0.25, -0.2) is 0 Å². The number of non-ortho nitro benzene ring substituents is 1. The van der Waals surface area contributed by atoms with E-state index in [9.17, 15) is 25.0 Å². The van der Waals surface area contributed by atoms with Crippen LogP contribution < -0.4 is 15.4 Å². The molecule has 2 heterocycles. The van der Waals surface area contributed by atoms with Crippen molar-refractivity contribution in [1.29, 1.82) is 0 Å². The zero-order valence-corrected chi connectivity index (χ0v) is 20.6. The van der Waals surface area contributed by atoms with E-state index in [0.29, 0.717) is 32.6 Å². The molecule has 10 nitrogen and oxygen atoms in total. The Kier molecular flexibility index (Phi) is 5.97. The second-order valence-electron chi connectivity index (χ2n) is 8.90. The van der Waals surface area contributed by atoms with Crippen molar-refractivity contribution in [2.24, 2.45) is 0 Å². The number of amides is 1. The van der Waals surface area contributed by atoms with Crippen LogP contribution in [0.5, 0.6) is 5.75 Å². The number of anilines is 1. The molecule has 1 saturated heterocycles. The molecule has 1 amide bonds. The predicted molar refractivity (Wildman–Crippen MR) is 134 cm³/mol. The number of hydrogen-bond donors (Lipinski definition) is 2. The van der Waals surface area contributed by atoms with Gasteiger partial charge in [0.15, 0.2) is 5.54 Å². The molecule has 4 atom stereocenters. The summed E-state index contributed by atoms with van der Waals surface area (Å²) in [6.45, 7) is 1.95. The highest BCUT2D eigenvalue weighted by Crippen LogP contribution is 2.50. The summed E-state index contributed by atoms with van der Waals surface area (Å²) in [5, 5.41) is 29.5. The molecular formula is C25H21BrN4O6. The molecule has 1 fully saturated rings. The highest BCUT2D eigenvalue weighted by Gasteiger charge is 2.67. The van der Waals surface area contributed by atoms with Crippen molar-refractivity contribution in [3.63, 3.8) is 0 Å². The Labute approximate surface area is 214 Å². The van der Waals surface area contributed by atoms with Crippen molar-refractivity contribution in [1.82, 2.24) is 5.32 Å². The number of nitro benzene ring substituents is 1. The van der Waals surface area contributed by atoms with Gasteiger partial charge in [-0.05, 0) is 52.2 Å². The SMILES string of the molecule is C[C@@H]1N[C@]2(C(=O)Nc3ccccc32)[C@H]([N+](=O)[O-])[C@@H]1c1ccc(OCc2cccc([N+](=O)[O-])c2)c(Br)c1. The van der Waals surface area contributed by atoms with Gasteiger partial charge in [-0.2, -0.15) is 0 Å². The Balaban J connectivity index is 1.44. The van der Waals surface area contributed by atoms with Crippen LogP contribution in [0.15, 0.2) is 71.2 Å². The summed E-state index contributed by atoms with van der Waals surface area (Å²) >= 11 is 3.49. The van der Waals surface area contributed by atoms with E-state index in [1.165, 1.54) is 12.1 Å². The second-order valence-corrected chi connectivity index (χ2v) is 9.76. The summed E-state index contributed by atoms with van der Waals surface area (Å²) in [6.07, 6.45) is 0. The zero-order chi connectivity index (χ0) is 25.6. The van der Waals surface area contributed by atoms with Gasteiger partial charge in [0.1, 0.15) is 12.4 Å². The molecule has 3 aromatic carbocycles. The molecule has 2 N–H and O–H groups in total. The maximum absolute atomic E-state index is 13.2. The Bertz CT molecular complexity index is 1400. The van der Waals surface area contributed by atoms with E-state index in [4.69, 9.17) is 4.74 Å². The number of para-hydroxylation sites is 1. The first-order valence-electron chi connectivity index (χ1n) is 11.2. The number of nitrogens with zero attached hydrogens (tertiary/aromatic N) is 2. The van der Waals surface area contributed by atoms with Crippen LogP contribution in [-0.2, 0) is 16.9 Å². The van der Waals surface area contributed by atoms with Crippen LogP contribution in [0, 0.1) is 20.2 Å². The molecule has 0 aromatic heterocycles. The van der Waals surface area contributed by atoms with E-state index in [0.717, 1.165) is 0 Å². The van der Waals surface area contributed by atoms with Gasteiger partial charge >= 0.3 is 0 Å². The van der Waals surface area contributed by atoms with Gasteiger partial charge < -0.3 is 10.1 Å². The Morgan fingerprint density at radius 3 is 2.56 bits per heavy atom. The van der Waals surface area contributed by atoms with Crippen LogP contribution in [0.25, 0.3) is 0 Å². The van der Waals surface area contributed by atoms with Crippen LogP contribution in [0.3, 0.4) is 0 Å². The molecule has 11 heteroatoms. The zero-order valence-electron chi connectivity index (χ0n) is 19.0. The number of ether oxygens (including phenoxy) is 1. The van der Waals surface area contributed by atoms with E-state index in [1.807, 2.05) is 6.92 Å². The smallest absolute Gasteiger partial charge is 0.269 e. The number of halogens is 1. The average molecular weight is 553 g/mol. The van der Waals surface area contributed by atoms with Gasteiger partial charge in [-0.15, -0.1) is 0 Å². The van der Waals surface area contributed by atoms with E-state index in [1.54, 1.807) is 54.6 Å². The molecule has 0 aliphatic carbocycles. The summed E-state index contributed by atoms with van der Waals surface area (Å²) in [5.74, 6) is -0.546. The van der Waals surface area contributed by atoms with Crippen molar-refractivity contribution in [3.05, 3.63) is 108 Å². The summed E-state index contributed by atoms with van der Waals surface area (Å²) in [5.41, 5.74) is 0.956. The van der Waals surface area contributed by atoms with Gasteiger partial charge in [0.25, 0.3) is 17.6 Å². The monoisotopic (exact) mass is 552 g/mol. The van der Waals surface area contributed by atoms with E-state index >= 15 is 0 Å². The number of fused-ring (bicyclic) bond motifs is 2. The molecule has 0 bridgehead atoms. The van der Waals surface area contributed by atoms with Crippen molar-refractivity contribution < 1.29 is 19.4 Å². The quantitative estimate of drug-likeness (QED) is 0.339. The molecule has 0 unspecified atom stereocenters. The lowest BCUT2D eigenvalue weighted by atomic mass is 9.78. The van der Waals surface area contributed by atoms with Crippen molar-refractivity contribution in [3.8, 4) is 5.75 Å². The van der Waals surface area contributed by atoms with Crippen molar-refractivity contribution in [2.75, 3.05) is 5.32 Å². The average Bonchev–Trinajstić information content (AvgIpc) is 3.32. The molecule has 36 heavy (non-hydrogen) atoms. The Morgan fingerprint density at radius 1 is 1.06 bits per heavy atom. The first-order chi connectivity index (χ1) is 17.2. The van der Waals surface area contributed by atoms with Gasteiger partial charge in [0.2, 0.25) is 0 Å². The Hall–Kier alpha value is -3.83. The maximum atomic E-state index is 13.2. The highest BCUT2D eigenvalue weighted by atomic mass is 79.9. The van der Waals surface area contributed by atoms with Crippen molar-refractivity contribution >= 4 is 33.2 Å². The molecule has 0 radical (unpaired) electrons. The van der Waals surface area contributed by atoms with Crippen LogP contribution in [-0.4, -0.2) is 27.8 Å². The van der Waals surface area contributed by atoms with Crippen molar-refractivity contribution in [2.45, 2.75) is 37.1 Å². The molecule has 3 aromatic rings. The first kappa shape index (κ1) is 23.9. The predicted octanol–water partition coefficient (Wildman–Crippen LogP) is 4.50. The minimum Gasteiger partial charge on any atom is -0.488 e. The standard InChI is InChI=1S/C25H21BrN4O6/c1-14-22(23(30(34)35)25(28-14)18-7-2-3-8-20(18)27-24(25)31)16-9-10-21(19(26)12-16)36-13-15-5-4-6-17(11-15)29(32)33/h2-12,14,22-23,28H,13H2,1H3,(H,27,31)/t14-,22-,23+,25-/m0/s1. The molecule has 2 aliphatic rings. The topological polar surface area (TPSA) is 137 Å². The minimum absolute atomic E-state index is 0.0227. The normalized spacial score (nSPS) is 24.4. The Morgan fingerprint density at radius 2 is 1.83 bits per heavy atom. The summed E-state index contributed by atoms with van der Waals surface area (Å²) in [6, 6.07) is 16.8. The number of carbonyl (C=O) groups is 1. The first-order valence-corrected chi connectivity index (χ1v) is 12.0. The van der Waals surface area contributed by atoms with Crippen LogP contribution in [0.2, 0.25) is 0 Å². The largest absolute Gasteiger partial charge is 0.488 e. The van der Waals surface area contributed by atoms with Gasteiger partial charge in [-0.3, -0.25) is 30.3 Å². The minimum atomic E-state index is -1.48. The maximum Gasteiger partial charge on any atom is 0.269 e. The highest BCUT2D eigenvalue weighted by molar-refractivity contribution is 9.10. The number of benzene rings is 3. The number of hydrogen-bond acceptors (Lipinski definition) is 7. The summed E-state index contributed by atoms with van der Waals surface area (Å²) < 4.78 is 6.43. The third-order valence-corrected chi connectivity index (χ3v) is 7.44. The summed E-state index contributed by atoms with van der Waals surface area (Å²) in [4.78, 5) is 35.8. The van der Waals surface area contributed by atoms with Crippen LogP contribution in [0.4, 0.5) is 11.4 Å². The summed E-state index contributed by atoms with van der Waals surface area (Å²) in [7, 11) is 0. The van der Waals surface area contributed by atoms with Crippen LogP contribution in [0.1, 0.15) is 29.5 Å². The number of nitrogens with one attached hydrogen (secondary N) is 2. The molecule has 2 aliphatic heterocycles. The van der Waals surface area contributed by atoms with E-state index < -0.39 is 28.3 Å². The van der Waals surface area contributed by atoms with E-state index in [2.05, 4.69) is 26.6 Å². The fourth-order valence-corrected chi connectivity index (χ4v) is 5.83. The van der Waals surface area contributed by atoms with Gasteiger partial charge in [0, 0.05) is 34.3 Å². The fourth-order valence-electron chi connectivity index (χ4n) is 5.32. The molecule has 1 spiro atoms. The molecular weight excluding hydrogens is 532 g/mol. The van der Waals surface area contributed by atoms with Gasteiger partial charge in [0.05, 0.1) is 15.3 Å². The fraction of sp³-hybridized carbons (Fsp3) is 0.240. The number of rotatable bonds is 6. The third kappa shape index (κ3) is 3.80. The van der Waals surface area contributed by atoms with Crippen LogP contribution >= 0.6 is 15.9 Å². The lowest BCUT2D eigenvalue weighted by Crippen LogP contribution is -2.54.